The zero-order valence-corrected chi connectivity index (χ0v) is 13.7. The number of aryl methyl sites for hydroxylation is 1. The number of amides is 2. The van der Waals surface area contributed by atoms with Crippen LogP contribution in [-0.2, 0) is 4.79 Å². The highest BCUT2D eigenvalue weighted by Gasteiger charge is 2.21. The number of nitrogens with one attached hydrogen (secondary N) is 2. The van der Waals surface area contributed by atoms with E-state index in [2.05, 4.69) is 15.6 Å². The van der Waals surface area contributed by atoms with Crippen LogP contribution >= 0.6 is 11.3 Å². The number of carbonyl (C=O) groups excluding carboxylic acids is 2. The zero-order chi connectivity index (χ0) is 16.1. The fourth-order valence-electron chi connectivity index (χ4n) is 2.03. The second-order valence-electron chi connectivity index (χ2n) is 4.87. The first-order valence-electron chi connectivity index (χ1n) is 7.14. The standard InChI is InChI=1S/C16H19N3O2S/c1-4-17-15(20)10(2)18-16(21)14-13(19-11(3)22-14)12-8-6-5-7-9-12/h5-10H,4H2,1-3H3,(H,17,20)(H,18,21). The molecule has 1 aromatic heterocycles. The Labute approximate surface area is 133 Å². The van der Waals surface area contributed by atoms with Crippen LogP contribution in [0.15, 0.2) is 30.3 Å². The van der Waals surface area contributed by atoms with Crippen molar-refractivity contribution in [2.75, 3.05) is 6.54 Å². The van der Waals surface area contributed by atoms with Gasteiger partial charge in [-0.25, -0.2) is 4.98 Å². The molecule has 0 saturated carbocycles. The molecule has 1 heterocycles. The summed E-state index contributed by atoms with van der Waals surface area (Å²) in [6.07, 6.45) is 0. The highest BCUT2D eigenvalue weighted by atomic mass is 32.1. The van der Waals surface area contributed by atoms with E-state index in [-0.39, 0.29) is 11.8 Å². The van der Waals surface area contributed by atoms with Crippen molar-refractivity contribution in [2.24, 2.45) is 0 Å². The molecule has 2 aromatic rings. The van der Waals surface area contributed by atoms with Crippen molar-refractivity contribution >= 4 is 23.2 Å². The maximum atomic E-state index is 12.5. The average molecular weight is 317 g/mol. The Morgan fingerprint density at radius 3 is 2.59 bits per heavy atom. The normalized spacial score (nSPS) is 11.8. The van der Waals surface area contributed by atoms with Gasteiger partial charge in [0.25, 0.3) is 5.91 Å². The van der Waals surface area contributed by atoms with E-state index in [9.17, 15) is 9.59 Å². The molecular weight excluding hydrogens is 298 g/mol. The van der Waals surface area contributed by atoms with E-state index < -0.39 is 6.04 Å². The molecule has 0 aliphatic carbocycles. The number of hydrogen-bond donors (Lipinski definition) is 2. The van der Waals surface area contributed by atoms with Crippen LogP contribution in [0.3, 0.4) is 0 Å². The van der Waals surface area contributed by atoms with Gasteiger partial charge in [0.05, 0.1) is 10.7 Å². The Hall–Kier alpha value is -2.21. The summed E-state index contributed by atoms with van der Waals surface area (Å²) in [4.78, 5) is 29.2. The molecule has 1 aromatic carbocycles. The summed E-state index contributed by atoms with van der Waals surface area (Å²) in [7, 11) is 0. The molecule has 2 N–H and O–H groups in total. The van der Waals surface area contributed by atoms with Crippen LogP contribution in [0.1, 0.15) is 28.5 Å². The predicted octanol–water partition coefficient (Wildman–Crippen LogP) is 2.37. The summed E-state index contributed by atoms with van der Waals surface area (Å²) in [6.45, 7) is 5.90. The van der Waals surface area contributed by atoms with Gasteiger partial charge in [0.15, 0.2) is 0 Å². The highest BCUT2D eigenvalue weighted by Crippen LogP contribution is 2.27. The fraction of sp³-hybridized carbons (Fsp3) is 0.312. The Morgan fingerprint density at radius 1 is 1.27 bits per heavy atom. The molecule has 0 aliphatic heterocycles. The Balaban J connectivity index is 2.22. The molecule has 2 rings (SSSR count). The topological polar surface area (TPSA) is 71.1 Å². The van der Waals surface area contributed by atoms with Crippen molar-refractivity contribution in [1.29, 1.82) is 0 Å². The van der Waals surface area contributed by atoms with E-state index in [4.69, 9.17) is 0 Å². The van der Waals surface area contributed by atoms with Crippen LogP contribution in [0.25, 0.3) is 11.3 Å². The van der Waals surface area contributed by atoms with Crippen molar-refractivity contribution in [3.05, 3.63) is 40.2 Å². The van der Waals surface area contributed by atoms with E-state index in [1.54, 1.807) is 6.92 Å². The van der Waals surface area contributed by atoms with E-state index in [1.165, 1.54) is 11.3 Å². The second-order valence-corrected chi connectivity index (χ2v) is 6.07. The number of rotatable bonds is 5. The minimum absolute atomic E-state index is 0.196. The summed E-state index contributed by atoms with van der Waals surface area (Å²) >= 11 is 1.33. The molecule has 22 heavy (non-hydrogen) atoms. The van der Waals surface area contributed by atoms with Crippen molar-refractivity contribution in [2.45, 2.75) is 26.8 Å². The third-order valence-corrected chi connectivity index (χ3v) is 4.05. The number of aromatic nitrogens is 1. The summed E-state index contributed by atoms with van der Waals surface area (Å²) in [6, 6.07) is 8.97. The molecule has 6 heteroatoms. The number of carbonyl (C=O) groups is 2. The monoisotopic (exact) mass is 317 g/mol. The van der Waals surface area contributed by atoms with Gasteiger partial charge in [-0.1, -0.05) is 30.3 Å². The third kappa shape index (κ3) is 3.71. The van der Waals surface area contributed by atoms with Gasteiger partial charge in [-0.3, -0.25) is 9.59 Å². The van der Waals surface area contributed by atoms with Crippen LogP contribution in [0, 0.1) is 6.92 Å². The minimum Gasteiger partial charge on any atom is -0.355 e. The third-order valence-electron chi connectivity index (χ3n) is 3.08. The first kappa shape index (κ1) is 16.2. The summed E-state index contributed by atoms with van der Waals surface area (Å²) < 4.78 is 0. The van der Waals surface area contributed by atoms with Crippen molar-refractivity contribution in [1.82, 2.24) is 15.6 Å². The summed E-state index contributed by atoms with van der Waals surface area (Å²) in [5, 5.41) is 6.23. The van der Waals surface area contributed by atoms with Gasteiger partial charge in [-0.2, -0.15) is 0 Å². The van der Waals surface area contributed by atoms with Crippen molar-refractivity contribution in [3.63, 3.8) is 0 Å². The molecule has 116 valence electrons. The van der Waals surface area contributed by atoms with E-state index in [0.29, 0.717) is 17.1 Å². The molecule has 5 nitrogen and oxygen atoms in total. The smallest absolute Gasteiger partial charge is 0.264 e. The number of likely N-dealkylation sites (N-methyl/N-ethyl adjacent to an activating group) is 1. The van der Waals surface area contributed by atoms with E-state index in [1.807, 2.05) is 44.2 Å². The number of hydrogen-bond acceptors (Lipinski definition) is 4. The molecule has 0 spiro atoms. The van der Waals surface area contributed by atoms with Crippen LogP contribution < -0.4 is 10.6 Å². The first-order valence-corrected chi connectivity index (χ1v) is 7.96. The largest absolute Gasteiger partial charge is 0.355 e. The molecule has 0 bridgehead atoms. The van der Waals surface area contributed by atoms with Gasteiger partial charge >= 0.3 is 0 Å². The highest BCUT2D eigenvalue weighted by molar-refractivity contribution is 7.14. The fourth-order valence-corrected chi connectivity index (χ4v) is 2.87. The lowest BCUT2D eigenvalue weighted by Crippen LogP contribution is -2.44. The number of thiazole rings is 1. The second kappa shape index (κ2) is 7.17. The molecular formula is C16H19N3O2S. The van der Waals surface area contributed by atoms with Crippen LogP contribution in [0.2, 0.25) is 0 Å². The van der Waals surface area contributed by atoms with Crippen LogP contribution in [0.4, 0.5) is 0 Å². The Bertz CT molecular complexity index is 667. The van der Waals surface area contributed by atoms with Crippen molar-refractivity contribution < 1.29 is 9.59 Å². The lowest BCUT2D eigenvalue weighted by molar-refractivity contribution is -0.122. The van der Waals surface area contributed by atoms with Gasteiger partial charge in [0, 0.05) is 12.1 Å². The molecule has 2 amide bonds. The van der Waals surface area contributed by atoms with Crippen LogP contribution in [-0.4, -0.2) is 29.4 Å². The number of nitrogens with zero attached hydrogens (tertiary/aromatic N) is 1. The molecule has 0 fully saturated rings. The predicted molar refractivity (Wildman–Crippen MR) is 87.9 cm³/mol. The SMILES string of the molecule is CCNC(=O)C(C)NC(=O)c1sc(C)nc1-c1ccccc1. The van der Waals surface area contributed by atoms with E-state index in [0.717, 1.165) is 10.6 Å². The van der Waals surface area contributed by atoms with Gasteiger partial charge < -0.3 is 10.6 Å². The lowest BCUT2D eigenvalue weighted by Gasteiger charge is -2.13. The maximum Gasteiger partial charge on any atom is 0.264 e. The van der Waals surface area contributed by atoms with Gasteiger partial charge in [-0.15, -0.1) is 11.3 Å². The van der Waals surface area contributed by atoms with Crippen LogP contribution in [0.5, 0.6) is 0 Å². The zero-order valence-electron chi connectivity index (χ0n) is 12.8. The average Bonchev–Trinajstić information content (AvgIpc) is 2.90. The van der Waals surface area contributed by atoms with Crippen molar-refractivity contribution in [3.8, 4) is 11.3 Å². The van der Waals surface area contributed by atoms with Gasteiger partial charge in [0.1, 0.15) is 10.9 Å². The Kier molecular flexibility index (Phi) is 5.27. The molecule has 1 atom stereocenters. The molecule has 0 aliphatic rings. The molecule has 0 radical (unpaired) electrons. The first-order chi connectivity index (χ1) is 10.5. The van der Waals surface area contributed by atoms with Gasteiger partial charge in [-0.05, 0) is 20.8 Å². The maximum absolute atomic E-state index is 12.5. The lowest BCUT2D eigenvalue weighted by atomic mass is 10.1. The quantitative estimate of drug-likeness (QED) is 0.889. The molecule has 0 saturated heterocycles. The summed E-state index contributed by atoms with van der Waals surface area (Å²) in [5.74, 6) is -0.471. The number of benzene rings is 1. The summed E-state index contributed by atoms with van der Waals surface area (Å²) in [5.41, 5.74) is 1.55. The minimum atomic E-state index is -0.585. The molecule has 1 unspecified atom stereocenters. The van der Waals surface area contributed by atoms with E-state index >= 15 is 0 Å². The van der Waals surface area contributed by atoms with Gasteiger partial charge in [0.2, 0.25) is 5.91 Å². The Morgan fingerprint density at radius 2 is 1.95 bits per heavy atom.